The summed E-state index contributed by atoms with van der Waals surface area (Å²) in [5, 5.41) is 0. The van der Waals surface area contributed by atoms with E-state index in [0.29, 0.717) is 6.04 Å². The van der Waals surface area contributed by atoms with Crippen LogP contribution in [0.1, 0.15) is 31.9 Å². The fourth-order valence-corrected chi connectivity index (χ4v) is 2.51. The molecule has 1 heteroatoms. The number of likely N-dealkylation sites (N-methyl/N-ethyl adjacent to an activating group) is 1. The molecule has 0 bridgehead atoms. The summed E-state index contributed by atoms with van der Waals surface area (Å²) in [6.45, 7) is 7.89. The lowest BCUT2D eigenvalue weighted by Gasteiger charge is -2.21. The fraction of sp³-hybridized carbons (Fsp3) is 0.462. The Morgan fingerprint density at radius 2 is 2.07 bits per heavy atom. The maximum Gasteiger partial charge on any atom is 0.180 e. The van der Waals surface area contributed by atoms with Crippen LogP contribution >= 0.6 is 0 Å². The van der Waals surface area contributed by atoms with Gasteiger partial charge in [-0.3, -0.25) is 0 Å². The summed E-state index contributed by atoms with van der Waals surface area (Å²) < 4.78 is 2.49. The monoisotopic (exact) mass is 188 g/mol. The topological polar surface area (TPSA) is 3.01 Å². The van der Waals surface area contributed by atoms with Gasteiger partial charge in [0.25, 0.3) is 0 Å². The Balaban J connectivity index is 2.56. The van der Waals surface area contributed by atoms with Gasteiger partial charge in [-0.2, -0.15) is 0 Å². The molecule has 1 aliphatic heterocycles. The normalized spacial score (nSPS) is 20.9. The SMILES string of the molecule is CC[N+]1=C(C)c2ccccc2CC1C. The Hall–Kier alpha value is -1.11. The van der Waals surface area contributed by atoms with E-state index in [0.717, 1.165) is 6.54 Å². The molecule has 14 heavy (non-hydrogen) atoms. The smallest absolute Gasteiger partial charge is 0.180 e. The average molecular weight is 188 g/mol. The molecule has 74 valence electrons. The highest BCUT2D eigenvalue weighted by atomic mass is 15.0. The van der Waals surface area contributed by atoms with Crippen molar-refractivity contribution in [1.29, 1.82) is 0 Å². The van der Waals surface area contributed by atoms with Crippen molar-refractivity contribution in [3.8, 4) is 0 Å². The Bertz CT molecular complexity index is 377. The molecule has 0 saturated heterocycles. The Morgan fingerprint density at radius 3 is 2.79 bits per heavy atom. The zero-order chi connectivity index (χ0) is 10.1. The second-order valence-corrected chi connectivity index (χ2v) is 4.08. The standard InChI is InChI=1S/C13H18N/c1-4-14-10(2)9-12-7-5-6-8-13(12)11(14)3/h5-8,10H,4,9H2,1-3H3/q+1. The minimum Gasteiger partial charge on any atom is -0.231 e. The van der Waals surface area contributed by atoms with Crippen molar-refractivity contribution in [1.82, 2.24) is 0 Å². The van der Waals surface area contributed by atoms with E-state index >= 15 is 0 Å². The van der Waals surface area contributed by atoms with Crippen LogP contribution in [0.5, 0.6) is 0 Å². The van der Waals surface area contributed by atoms with Gasteiger partial charge in [0, 0.05) is 18.9 Å². The van der Waals surface area contributed by atoms with Crippen LogP contribution in [0.15, 0.2) is 24.3 Å². The predicted molar refractivity (Wildman–Crippen MR) is 60.2 cm³/mol. The highest BCUT2D eigenvalue weighted by molar-refractivity contribution is 5.96. The first-order valence-corrected chi connectivity index (χ1v) is 5.42. The van der Waals surface area contributed by atoms with Crippen molar-refractivity contribution in [3.63, 3.8) is 0 Å². The first-order chi connectivity index (χ1) is 6.74. The summed E-state index contributed by atoms with van der Waals surface area (Å²) in [5.41, 5.74) is 4.37. The second-order valence-electron chi connectivity index (χ2n) is 4.08. The molecule has 0 spiro atoms. The third kappa shape index (κ3) is 1.37. The Morgan fingerprint density at radius 1 is 1.36 bits per heavy atom. The number of hydrogen-bond donors (Lipinski definition) is 0. The quantitative estimate of drug-likeness (QED) is 0.596. The van der Waals surface area contributed by atoms with E-state index in [1.54, 1.807) is 0 Å². The molecule has 0 amide bonds. The first kappa shape index (κ1) is 9.45. The Kier molecular flexibility index (Phi) is 2.40. The summed E-state index contributed by atoms with van der Waals surface area (Å²) >= 11 is 0. The van der Waals surface area contributed by atoms with E-state index < -0.39 is 0 Å². The van der Waals surface area contributed by atoms with Gasteiger partial charge in [0.1, 0.15) is 6.54 Å². The van der Waals surface area contributed by atoms with Crippen molar-refractivity contribution in [2.24, 2.45) is 0 Å². The molecule has 1 aromatic carbocycles. The number of benzene rings is 1. The van der Waals surface area contributed by atoms with Crippen LogP contribution in [-0.4, -0.2) is 22.9 Å². The summed E-state index contributed by atoms with van der Waals surface area (Å²) in [5.74, 6) is 0. The van der Waals surface area contributed by atoms with Crippen LogP contribution in [0.2, 0.25) is 0 Å². The molecular weight excluding hydrogens is 170 g/mol. The molecule has 2 rings (SSSR count). The van der Waals surface area contributed by atoms with Crippen LogP contribution in [0.3, 0.4) is 0 Å². The predicted octanol–water partition coefficient (Wildman–Crippen LogP) is 2.47. The third-order valence-electron chi connectivity index (χ3n) is 3.23. The van der Waals surface area contributed by atoms with Gasteiger partial charge in [-0.05, 0) is 25.5 Å². The number of rotatable bonds is 1. The van der Waals surface area contributed by atoms with E-state index in [9.17, 15) is 0 Å². The molecule has 0 fully saturated rings. The summed E-state index contributed by atoms with van der Waals surface area (Å²) in [4.78, 5) is 0. The lowest BCUT2D eigenvalue weighted by molar-refractivity contribution is -0.560. The van der Waals surface area contributed by atoms with Gasteiger partial charge in [-0.1, -0.05) is 18.2 Å². The molecule has 1 heterocycles. The lowest BCUT2D eigenvalue weighted by atomic mass is 9.94. The van der Waals surface area contributed by atoms with E-state index in [1.807, 2.05) is 0 Å². The second kappa shape index (κ2) is 3.56. The van der Waals surface area contributed by atoms with Gasteiger partial charge in [0.2, 0.25) is 0 Å². The summed E-state index contributed by atoms with van der Waals surface area (Å²) in [6.07, 6.45) is 1.18. The van der Waals surface area contributed by atoms with E-state index in [1.165, 1.54) is 23.3 Å². The fourth-order valence-electron chi connectivity index (χ4n) is 2.51. The van der Waals surface area contributed by atoms with Crippen molar-refractivity contribution < 1.29 is 4.58 Å². The van der Waals surface area contributed by atoms with Crippen molar-refractivity contribution >= 4 is 5.71 Å². The molecule has 0 radical (unpaired) electrons. The molecular formula is C13H18N+. The van der Waals surface area contributed by atoms with Crippen LogP contribution in [0.4, 0.5) is 0 Å². The maximum absolute atomic E-state index is 2.49. The van der Waals surface area contributed by atoms with Crippen molar-refractivity contribution in [2.45, 2.75) is 33.2 Å². The molecule has 1 aliphatic rings. The van der Waals surface area contributed by atoms with Crippen LogP contribution in [0, 0.1) is 0 Å². The van der Waals surface area contributed by atoms with Crippen molar-refractivity contribution in [2.75, 3.05) is 6.54 Å². The van der Waals surface area contributed by atoms with Gasteiger partial charge < -0.3 is 0 Å². The number of hydrogen-bond acceptors (Lipinski definition) is 0. The Labute approximate surface area is 86.1 Å². The van der Waals surface area contributed by atoms with Crippen LogP contribution in [0.25, 0.3) is 0 Å². The van der Waals surface area contributed by atoms with Gasteiger partial charge >= 0.3 is 0 Å². The van der Waals surface area contributed by atoms with Gasteiger partial charge in [-0.25, -0.2) is 4.58 Å². The third-order valence-corrected chi connectivity index (χ3v) is 3.23. The average Bonchev–Trinajstić information content (AvgIpc) is 2.18. The maximum atomic E-state index is 2.49. The lowest BCUT2D eigenvalue weighted by Crippen LogP contribution is -2.35. The molecule has 0 N–H and O–H groups in total. The molecule has 1 unspecified atom stereocenters. The number of nitrogens with zero attached hydrogens (tertiary/aromatic N) is 1. The highest BCUT2D eigenvalue weighted by Gasteiger charge is 2.26. The van der Waals surface area contributed by atoms with Gasteiger partial charge in [-0.15, -0.1) is 0 Å². The molecule has 0 aromatic heterocycles. The van der Waals surface area contributed by atoms with Gasteiger partial charge in [0.05, 0.1) is 0 Å². The molecule has 1 aromatic rings. The summed E-state index contributed by atoms with van der Waals surface area (Å²) in [6, 6.07) is 9.41. The largest absolute Gasteiger partial charge is 0.231 e. The van der Waals surface area contributed by atoms with E-state index in [4.69, 9.17) is 0 Å². The zero-order valence-corrected chi connectivity index (χ0v) is 9.25. The highest BCUT2D eigenvalue weighted by Crippen LogP contribution is 2.18. The molecule has 0 aliphatic carbocycles. The molecule has 1 nitrogen and oxygen atoms in total. The van der Waals surface area contributed by atoms with E-state index in [-0.39, 0.29) is 0 Å². The van der Waals surface area contributed by atoms with E-state index in [2.05, 4.69) is 49.6 Å². The summed E-state index contributed by atoms with van der Waals surface area (Å²) in [7, 11) is 0. The number of fused-ring (bicyclic) bond motifs is 1. The van der Waals surface area contributed by atoms with Gasteiger partial charge in [0.15, 0.2) is 11.8 Å². The minimum absolute atomic E-state index is 0.648. The molecule has 0 saturated carbocycles. The van der Waals surface area contributed by atoms with Crippen LogP contribution in [-0.2, 0) is 6.42 Å². The first-order valence-electron chi connectivity index (χ1n) is 5.42. The van der Waals surface area contributed by atoms with Crippen LogP contribution < -0.4 is 0 Å². The van der Waals surface area contributed by atoms with Crippen molar-refractivity contribution in [3.05, 3.63) is 35.4 Å². The zero-order valence-electron chi connectivity index (χ0n) is 9.25. The minimum atomic E-state index is 0.648. The molecule has 1 atom stereocenters.